The summed E-state index contributed by atoms with van der Waals surface area (Å²) in [5.74, 6) is 1.32. The summed E-state index contributed by atoms with van der Waals surface area (Å²) in [6, 6.07) is 0.104. The highest BCUT2D eigenvalue weighted by Crippen LogP contribution is 2.65. The lowest BCUT2D eigenvalue weighted by atomic mass is 9.43. The summed E-state index contributed by atoms with van der Waals surface area (Å²) in [6.45, 7) is 14.8. The van der Waals surface area contributed by atoms with Crippen molar-refractivity contribution in [3.8, 4) is 0 Å². The zero-order valence-electron chi connectivity index (χ0n) is 21.8. The van der Waals surface area contributed by atoms with Crippen LogP contribution in [0.2, 0.25) is 0 Å². The lowest BCUT2D eigenvalue weighted by Crippen LogP contribution is -2.65. The first-order chi connectivity index (χ1) is 15.9. The number of nitrogens with one attached hydrogen (secondary N) is 1. The molecule has 0 spiro atoms. The Hall–Kier alpha value is -1.32. The summed E-state index contributed by atoms with van der Waals surface area (Å²) in [7, 11) is -0.328. The van der Waals surface area contributed by atoms with Gasteiger partial charge < -0.3 is 29.2 Å². The van der Waals surface area contributed by atoms with Crippen molar-refractivity contribution in [1.29, 1.82) is 0 Å². The number of carbonyl (C=O) groups is 2. The number of hydrogen-bond acceptors (Lipinski definition) is 6. The van der Waals surface area contributed by atoms with Gasteiger partial charge in [0, 0.05) is 25.7 Å². The van der Waals surface area contributed by atoms with Gasteiger partial charge >= 0.3 is 13.2 Å². The van der Waals surface area contributed by atoms with E-state index in [-0.39, 0.29) is 49.4 Å². The molecule has 34 heavy (non-hydrogen) atoms. The topological polar surface area (TPSA) is 80.3 Å². The fourth-order valence-electron chi connectivity index (χ4n) is 7.20. The van der Waals surface area contributed by atoms with E-state index in [1.165, 1.54) is 6.42 Å². The zero-order chi connectivity index (χ0) is 24.5. The van der Waals surface area contributed by atoms with Crippen LogP contribution in [0.1, 0.15) is 73.6 Å². The van der Waals surface area contributed by atoms with Gasteiger partial charge in [0.1, 0.15) is 5.60 Å². The average Bonchev–Trinajstić information content (AvgIpc) is 3.47. The first-order valence-corrected chi connectivity index (χ1v) is 13.2. The van der Waals surface area contributed by atoms with E-state index < -0.39 is 5.60 Å². The predicted octanol–water partition coefficient (Wildman–Crippen LogP) is 2.84. The van der Waals surface area contributed by atoms with Crippen molar-refractivity contribution >= 4 is 19.1 Å². The fraction of sp³-hybridized carbons (Fsp3) is 0.920. The SMILES string of the molecule is CC(C)(C)OC(=O)N1CC[C@@H](NCC(=O)N2CCC[C@H]2B2O[C@@H]3C[C@@H]4CC(C4(C)C)[C@]3(C)O2)C1. The molecule has 0 radical (unpaired) electrons. The van der Waals surface area contributed by atoms with Gasteiger partial charge in [-0.2, -0.15) is 0 Å². The van der Waals surface area contributed by atoms with Crippen LogP contribution in [0.4, 0.5) is 4.79 Å². The molecule has 6 aliphatic rings. The van der Waals surface area contributed by atoms with Gasteiger partial charge in [0.2, 0.25) is 5.91 Å². The second-order valence-electron chi connectivity index (χ2n) is 12.9. The number of likely N-dealkylation sites (tertiary alicyclic amines) is 2. The normalized spacial score (nSPS) is 38.6. The van der Waals surface area contributed by atoms with E-state index in [2.05, 4.69) is 26.1 Å². The molecule has 2 bridgehead atoms. The maximum Gasteiger partial charge on any atom is 0.481 e. The van der Waals surface area contributed by atoms with Crippen LogP contribution in [0.15, 0.2) is 0 Å². The zero-order valence-corrected chi connectivity index (χ0v) is 21.8. The van der Waals surface area contributed by atoms with Crippen molar-refractivity contribution in [3.63, 3.8) is 0 Å². The summed E-state index contributed by atoms with van der Waals surface area (Å²) >= 11 is 0. The third-order valence-electron chi connectivity index (χ3n) is 9.28. The second-order valence-corrected chi connectivity index (χ2v) is 12.9. The maximum atomic E-state index is 13.2. The van der Waals surface area contributed by atoms with E-state index in [1.807, 2.05) is 25.7 Å². The molecule has 6 rings (SSSR count). The van der Waals surface area contributed by atoms with Crippen LogP contribution >= 0.6 is 0 Å². The Morgan fingerprint density at radius 1 is 1.15 bits per heavy atom. The smallest absolute Gasteiger partial charge is 0.444 e. The molecule has 1 N–H and O–H groups in total. The van der Waals surface area contributed by atoms with Gasteiger partial charge in [-0.1, -0.05) is 13.8 Å². The molecular formula is C25H42BN3O5. The van der Waals surface area contributed by atoms with Crippen LogP contribution in [0.25, 0.3) is 0 Å². The highest BCUT2D eigenvalue weighted by Gasteiger charge is 2.69. The Labute approximate surface area is 204 Å². The van der Waals surface area contributed by atoms with E-state index in [1.54, 1.807) is 4.90 Å². The molecule has 3 aliphatic heterocycles. The largest absolute Gasteiger partial charge is 0.481 e. The molecule has 3 saturated carbocycles. The number of ether oxygens (including phenoxy) is 1. The molecule has 0 aromatic carbocycles. The molecule has 3 saturated heterocycles. The number of nitrogens with zero attached hydrogens (tertiary/aromatic N) is 2. The first kappa shape index (κ1) is 24.4. The monoisotopic (exact) mass is 475 g/mol. The van der Waals surface area contributed by atoms with E-state index >= 15 is 0 Å². The molecule has 2 amide bonds. The third kappa shape index (κ3) is 4.15. The van der Waals surface area contributed by atoms with Crippen molar-refractivity contribution in [2.75, 3.05) is 26.2 Å². The van der Waals surface area contributed by atoms with Crippen molar-refractivity contribution in [1.82, 2.24) is 15.1 Å². The maximum absolute atomic E-state index is 13.2. The molecule has 0 aromatic heterocycles. The summed E-state index contributed by atoms with van der Waals surface area (Å²) in [4.78, 5) is 29.2. The minimum Gasteiger partial charge on any atom is -0.444 e. The summed E-state index contributed by atoms with van der Waals surface area (Å²) in [6.07, 6.45) is 4.88. The van der Waals surface area contributed by atoms with Crippen LogP contribution in [-0.4, -0.2) is 84.4 Å². The van der Waals surface area contributed by atoms with Gasteiger partial charge in [0.05, 0.1) is 24.2 Å². The Kier molecular flexibility index (Phi) is 6.01. The molecule has 1 unspecified atom stereocenters. The lowest BCUT2D eigenvalue weighted by Gasteiger charge is -2.64. The van der Waals surface area contributed by atoms with Gasteiger partial charge in [-0.15, -0.1) is 0 Å². The van der Waals surface area contributed by atoms with Crippen LogP contribution in [0.3, 0.4) is 0 Å². The van der Waals surface area contributed by atoms with Gasteiger partial charge in [0.15, 0.2) is 0 Å². The molecular weight excluding hydrogens is 433 g/mol. The number of carbonyl (C=O) groups excluding carboxylic acids is 2. The van der Waals surface area contributed by atoms with Crippen LogP contribution < -0.4 is 5.32 Å². The Balaban J connectivity index is 1.13. The molecule has 6 atom stereocenters. The van der Waals surface area contributed by atoms with Gasteiger partial charge in [-0.25, -0.2) is 4.79 Å². The Bertz CT molecular complexity index is 832. The molecule has 3 aliphatic carbocycles. The summed E-state index contributed by atoms with van der Waals surface area (Å²) in [5, 5.41) is 3.38. The summed E-state index contributed by atoms with van der Waals surface area (Å²) < 4.78 is 18.6. The van der Waals surface area contributed by atoms with Crippen molar-refractivity contribution in [2.45, 2.75) is 103 Å². The minimum atomic E-state index is -0.502. The van der Waals surface area contributed by atoms with Gasteiger partial charge in [0.25, 0.3) is 0 Å². The van der Waals surface area contributed by atoms with Crippen molar-refractivity contribution in [2.24, 2.45) is 17.3 Å². The van der Waals surface area contributed by atoms with Crippen molar-refractivity contribution in [3.05, 3.63) is 0 Å². The summed E-state index contributed by atoms with van der Waals surface area (Å²) in [5.41, 5.74) is -0.432. The van der Waals surface area contributed by atoms with E-state index in [0.717, 1.165) is 38.1 Å². The molecule has 6 fully saturated rings. The number of hydrogen-bond donors (Lipinski definition) is 1. The van der Waals surface area contributed by atoms with E-state index in [0.29, 0.717) is 24.4 Å². The number of amides is 2. The van der Waals surface area contributed by atoms with E-state index in [9.17, 15) is 9.59 Å². The molecule has 8 nitrogen and oxygen atoms in total. The molecule has 0 aromatic rings. The highest BCUT2D eigenvalue weighted by atomic mass is 16.7. The van der Waals surface area contributed by atoms with Crippen LogP contribution in [0.5, 0.6) is 0 Å². The number of rotatable bonds is 4. The molecule has 190 valence electrons. The van der Waals surface area contributed by atoms with Crippen molar-refractivity contribution < 1.29 is 23.6 Å². The van der Waals surface area contributed by atoms with Gasteiger partial charge in [-0.3, -0.25) is 4.79 Å². The second kappa shape index (κ2) is 8.37. The van der Waals surface area contributed by atoms with Gasteiger partial charge in [-0.05, 0) is 77.0 Å². The third-order valence-corrected chi connectivity index (χ3v) is 9.28. The highest BCUT2D eigenvalue weighted by molar-refractivity contribution is 6.48. The Morgan fingerprint density at radius 3 is 2.62 bits per heavy atom. The minimum absolute atomic E-state index is 0.0149. The standard InChI is InChI=1S/C25H42BN3O5/c1-23(2,3)32-22(31)28-11-9-17(15-28)27-14-21(30)29-10-7-8-20(29)26-33-19-13-16-12-18(24(16,4)5)25(19,6)34-26/h16-20,27H,7-15H2,1-6H3/t16-,17+,18?,19+,20-,25-/m0/s1. The van der Waals surface area contributed by atoms with Crippen LogP contribution in [-0.2, 0) is 18.8 Å². The average molecular weight is 475 g/mol. The lowest BCUT2D eigenvalue weighted by molar-refractivity contribution is -0.199. The first-order valence-electron chi connectivity index (χ1n) is 13.2. The van der Waals surface area contributed by atoms with Crippen LogP contribution in [0, 0.1) is 17.3 Å². The fourth-order valence-corrected chi connectivity index (χ4v) is 7.20. The predicted molar refractivity (Wildman–Crippen MR) is 129 cm³/mol. The molecule has 9 heteroatoms. The quantitative estimate of drug-likeness (QED) is 0.630. The van der Waals surface area contributed by atoms with E-state index in [4.69, 9.17) is 14.0 Å². The Morgan fingerprint density at radius 2 is 1.91 bits per heavy atom. The molecule has 3 heterocycles.